The highest BCUT2D eigenvalue weighted by Gasteiger charge is 2.38. The highest BCUT2D eigenvalue weighted by molar-refractivity contribution is 6.53. The third-order valence-corrected chi connectivity index (χ3v) is 4.11. The van der Waals surface area contributed by atoms with E-state index < -0.39 is 11.8 Å². The molecule has 122 valence electrons. The number of carbonyl (C=O) groups is 2. The second-order valence-corrected chi connectivity index (χ2v) is 5.73. The summed E-state index contributed by atoms with van der Waals surface area (Å²) >= 11 is 12.1. The van der Waals surface area contributed by atoms with Crippen LogP contribution in [-0.4, -0.2) is 18.9 Å². The number of amides is 2. The number of nitrogens with zero attached hydrogens (tertiary/aromatic N) is 1. The molecule has 3 rings (SSSR count). The molecule has 0 atom stereocenters. The smallest absolute Gasteiger partial charge is 0.283 e. The van der Waals surface area contributed by atoms with Crippen LogP contribution >= 0.6 is 23.2 Å². The number of methoxy groups -OCH3 is 1. The Balaban J connectivity index is 1.90. The Hall–Kier alpha value is -2.50. The van der Waals surface area contributed by atoms with Crippen molar-refractivity contribution in [3.8, 4) is 5.75 Å². The van der Waals surface area contributed by atoms with E-state index in [9.17, 15) is 9.59 Å². The zero-order valence-corrected chi connectivity index (χ0v) is 14.1. The lowest BCUT2D eigenvalue weighted by Gasteiger charge is -2.15. The summed E-state index contributed by atoms with van der Waals surface area (Å²) in [5.41, 5.74) is 0.979. The van der Waals surface area contributed by atoms with Gasteiger partial charge < -0.3 is 10.1 Å². The summed E-state index contributed by atoms with van der Waals surface area (Å²) in [4.78, 5) is 25.9. The molecule has 1 heterocycles. The number of hydrogen-bond donors (Lipinski definition) is 1. The Kier molecular flexibility index (Phi) is 4.46. The maximum Gasteiger partial charge on any atom is 0.283 e. The van der Waals surface area contributed by atoms with Crippen molar-refractivity contribution in [2.45, 2.75) is 0 Å². The molecule has 1 aliphatic rings. The van der Waals surface area contributed by atoms with E-state index in [0.717, 1.165) is 4.90 Å². The fraction of sp³-hybridized carbons (Fsp3) is 0.0588. The first-order valence-corrected chi connectivity index (χ1v) is 7.72. The Morgan fingerprint density at radius 3 is 2.33 bits per heavy atom. The van der Waals surface area contributed by atoms with E-state index >= 15 is 0 Å². The molecule has 1 aliphatic heterocycles. The van der Waals surface area contributed by atoms with Gasteiger partial charge in [-0.2, -0.15) is 0 Å². The van der Waals surface area contributed by atoms with Crippen LogP contribution in [0.25, 0.3) is 0 Å². The van der Waals surface area contributed by atoms with E-state index in [0.29, 0.717) is 22.1 Å². The van der Waals surface area contributed by atoms with Crippen molar-refractivity contribution in [3.63, 3.8) is 0 Å². The van der Waals surface area contributed by atoms with Crippen LogP contribution in [0.2, 0.25) is 5.02 Å². The average molecular weight is 363 g/mol. The molecule has 2 aromatic rings. The van der Waals surface area contributed by atoms with Crippen LogP contribution in [0.1, 0.15) is 0 Å². The molecular formula is C17H12Cl2N2O3. The summed E-state index contributed by atoms with van der Waals surface area (Å²) in [5, 5.41) is 3.06. The first kappa shape index (κ1) is 16.4. The summed E-state index contributed by atoms with van der Waals surface area (Å²) < 4.78 is 5.08. The van der Waals surface area contributed by atoms with Crippen LogP contribution in [-0.2, 0) is 9.59 Å². The molecule has 0 aliphatic carbocycles. The van der Waals surface area contributed by atoms with E-state index in [1.165, 1.54) is 7.11 Å². The summed E-state index contributed by atoms with van der Waals surface area (Å²) in [6.07, 6.45) is 0. The quantitative estimate of drug-likeness (QED) is 0.840. The van der Waals surface area contributed by atoms with Crippen LogP contribution < -0.4 is 15.0 Å². The van der Waals surface area contributed by atoms with Crippen LogP contribution in [0.5, 0.6) is 5.75 Å². The van der Waals surface area contributed by atoms with Crippen LogP contribution in [0, 0.1) is 0 Å². The number of ether oxygens (including phenoxy) is 1. The lowest BCUT2D eigenvalue weighted by molar-refractivity contribution is -0.120. The van der Waals surface area contributed by atoms with Crippen molar-refractivity contribution in [2.75, 3.05) is 17.3 Å². The zero-order valence-electron chi connectivity index (χ0n) is 12.5. The van der Waals surface area contributed by atoms with E-state index in [1.54, 1.807) is 48.5 Å². The highest BCUT2D eigenvalue weighted by Crippen LogP contribution is 2.32. The molecule has 0 aromatic heterocycles. The molecule has 2 aromatic carbocycles. The summed E-state index contributed by atoms with van der Waals surface area (Å²) in [6.45, 7) is 0. The normalized spacial score (nSPS) is 14.4. The number of para-hydroxylation sites is 1. The molecule has 0 bridgehead atoms. The third-order valence-electron chi connectivity index (χ3n) is 3.46. The lowest BCUT2D eigenvalue weighted by Crippen LogP contribution is -2.32. The number of nitrogens with one attached hydrogen (secondary N) is 1. The minimum Gasteiger partial charge on any atom is -0.495 e. The molecule has 0 unspecified atom stereocenters. The summed E-state index contributed by atoms with van der Waals surface area (Å²) in [5.74, 6) is -0.597. The fourth-order valence-electron chi connectivity index (χ4n) is 2.31. The molecular weight excluding hydrogens is 351 g/mol. The molecule has 0 saturated heterocycles. The van der Waals surface area contributed by atoms with E-state index in [4.69, 9.17) is 27.9 Å². The number of benzene rings is 2. The Bertz CT molecular complexity index is 850. The summed E-state index contributed by atoms with van der Waals surface area (Å²) in [7, 11) is 1.50. The van der Waals surface area contributed by atoms with Gasteiger partial charge in [-0.1, -0.05) is 41.4 Å². The fourth-order valence-corrected chi connectivity index (χ4v) is 2.78. The maximum atomic E-state index is 12.6. The van der Waals surface area contributed by atoms with Crippen molar-refractivity contribution in [3.05, 3.63) is 64.3 Å². The monoisotopic (exact) mass is 362 g/mol. The number of rotatable bonds is 4. The predicted molar refractivity (Wildman–Crippen MR) is 93.4 cm³/mol. The molecule has 0 fully saturated rings. The number of imide groups is 1. The van der Waals surface area contributed by atoms with E-state index in [2.05, 4.69) is 5.32 Å². The van der Waals surface area contributed by atoms with Gasteiger partial charge >= 0.3 is 0 Å². The van der Waals surface area contributed by atoms with E-state index in [-0.39, 0.29) is 10.7 Å². The average Bonchev–Trinajstić information content (AvgIpc) is 2.79. The van der Waals surface area contributed by atoms with Gasteiger partial charge in [-0.25, -0.2) is 4.90 Å². The van der Waals surface area contributed by atoms with Crippen molar-refractivity contribution in [2.24, 2.45) is 0 Å². The molecule has 7 heteroatoms. The number of anilines is 2. The van der Waals surface area contributed by atoms with Crippen LogP contribution in [0.4, 0.5) is 11.4 Å². The first-order chi connectivity index (χ1) is 11.5. The minimum atomic E-state index is -0.574. The number of carbonyl (C=O) groups excluding carboxylic acids is 2. The Morgan fingerprint density at radius 1 is 1.00 bits per heavy atom. The van der Waals surface area contributed by atoms with Crippen molar-refractivity contribution in [1.82, 2.24) is 0 Å². The van der Waals surface area contributed by atoms with Crippen molar-refractivity contribution < 1.29 is 14.3 Å². The largest absolute Gasteiger partial charge is 0.495 e. The minimum absolute atomic E-state index is 0.00625. The van der Waals surface area contributed by atoms with Gasteiger partial charge in [0, 0.05) is 5.69 Å². The van der Waals surface area contributed by atoms with Gasteiger partial charge in [-0.15, -0.1) is 0 Å². The number of halogens is 2. The molecule has 5 nitrogen and oxygen atoms in total. The van der Waals surface area contributed by atoms with Gasteiger partial charge in [0.15, 0.2) is 0 Å². The molecule has 1 N–H and O–H groups in total. The maximum absolute atomic E-state index is 12.6. The second kappa shape index (κ2) is 6.55. The third kappa shape index (κ3) is 2.84. The Labute approximate surface area is 148 Å². The molecule has 0 saturated carbocycles. The van der Waals surface area contributed by atoms with Gasteiger partial charge in [-0.3, -0.25) is 9.59 Å². The molecule has 2 amide bonds. The highest BCUT2D eigenvalue weighted by atomic mass is 35.5. The van der Waals surface area contributed by atoms with Crippen molar-refractivity contribution in [1.29, 1.82) is 0 Å². The topological polar surface area (TPSA) is 58.6 Å². The van der Waals surface area contributed by atoms with Gasteiger partial charge in [0.2, 0.25) is 0 Å². The first-order valence-electron chi connectivity index (χ1n) is 6.97. The molecule has 0 spiro atoms. The lowest BCUT2D eigenvalue weighted by atomic mass is 10.2. The standard InChI is InChI=1S/C17H12Cl2N2O3/c1-24-13-8-7-10(9-12(13)18)20-15-14(19)16(22)21(17(15)23)11-5-3-2-4-6-11/h2-9,20H,1H3. The molecule has 24 heavy (non-hydrogen) atoms. The predicted octanol–water partition coefficient (Wildman–Crippen LogP) is 3.78. The van der Waals surface area contributed by atoms with E-state index in [1.807, 2.05) is 0 Å². The van der Waals surface area contributed by atoms with Crippen molar-refractivity contribution >= 4 is 46.4 Å². The van der Waals surface area contributed by atoms with Crippen LogP contribution in [0.15, 0.2) is 59.3 Å². The van der Waals surface area contributed by atoms with Gasteiger partial charge in [0.25, 0.3) is 11.8 Å². The zero-order chi connectivity index (χ0) is 17.3. The Morgan fingerprint density at radius 2 is 1.71 bits per heavy atom. The van der Waals surface area contributed by atoms with Gasteiger partial charge in [0.1, 0.15) is 16.5 Å². The number of hydrogen-bond acceptors (Lipinski definition) is 4. The van der Waals surface area contributed by atoms with Gasteiger partial charge in [0.05, 0.1) is 17.8 Å². The van der Waals surface area contributed by atoms with Gasteiger partial charge in [-0.05, 0) is 30.3 Å². The molecule has 0 radical (unpaired) electrons. The second-order valence-electron chi connectivity index (χ2n) is 4.94. The SMILES string of the molecule is COc1ccc(NC2=C(Cl)C(=O)N(c3ccccc3)C2=O)cc1Cl. The summed E-state index contributed by atoms with van der Waals surface area (Å²) in [6, 6.07) is 13.5. The van der Waals surface area contributed by atoms with Crippen LogP contribution in [0.3, 0.4) is 0 Å².